The Bertz CT molecular complexity index is 1010. The first kappa shape index (κ1) is 16.9. The van der Waals surface area contributed by atoms with E-state index in [1.807, 2.05) is 30.3 Å². The molecule has 27 heavy (non-hydrogen) atoms. The van der Waals surface area contributed by atoms with E-state index in [1.165, 1.54) is 17.5 Å². The van der Waals surface area contributed by atoms with Crippen LogP contribution in [-0.2, 0) is 6.42 Å². The first-order chi connectivity index (χ1) is 13.3. The zero-order valence-electron chi connectivity index (χ0n) is 15.0. The zero-order chi connectivity index (χ0) is 18.5. The van der Waals surface area contributed by atoms with Crippen molar-refractivity contribution in [3.8, 4) is 22.8 Å². The molecule has 0 aliphatic carbocycles. The summed E-state index contributed by atoms with van der Waals surface area (Å²) in [6.07, 6.45) is 4.08. The molecule has 1 N–H and O–H groups in total. The molecule has 0 spiro atoms. The van der Waals surface area contributed by atoms with Gasteiger partial charge in [-0.2, -0.15) is 4.98 Å². The lowest BCUT2D eigenvalue weighted by molar-refractivity contribution is 0.432. The fourth-order valence-corrected chi connectivity index (χ4v) is 2.74. The molecule has 0 saturated carbocycles. The summed E-state index contributed by atoms with van der Waals surface area (Å²) in [5, 5.41) is 7.42. The second-order valence-corrected chi connectivity index (χ2v) is 6.24. The van der Waals surface area contributed by atoms with Crippen molar-refractivity contribution in [2.45, 2.75) is 13.3 Å². The fourth-order valence-electron chi connectivity index (χ4n) is 2.74. The highest BCUT2D eigenvalue weighted by molar-refractivity contribution is 5.69. The van der Waals surface area contributed by atoms with E-state index >= 15 is 0 Å². The minimum absolute atomic E-state index is 0.396. The normalized spacial score (nSPS) is 10.7. The molecule has 0 aliphatic heterocycles. The number of nitrogens with one attached hydrogen (secondary N) is 1. The summed E-state index contributed by atoms with van der Waals surface area (Å²) in [4.78, 5) is 12.9. The number of aromatic nitrogens is 4. The third kappa shape index (κ3) is 4.00. The van der Waals surface area contributed by atoms with Crippen molar-refractivity contribution in [2.24, 2.45) is 0 Å². The first-order valence-corrected chi connectivity index (χ1v) is 8.78. The van der Waals surface area contributed by atoms with Gasteiger partial charge in [0, 0.05) is 18.3 Å². The Balaban J connectivity index is 1.50. The molecule has 4 aromatic rings. The molecular formula is C21H19N5O. The summed E-state index contributed by atoms with van der Waals surface area (Å²) in [7, 11) is 0. The predicted octanol–water partition coefficient (Wildman–Crippen LogP) is 4.16. The van der Waals surface area contributed by atoms with Crippen molar-refractivity contribution >= 4 is 5.82 Å². The summed E-state index contributed by atoms with van der Waals surface area (Å²) < 4.78 is 5.44. The molecule has 2 aromatic heterocycles. The monoisotopic (exact) mass is 357 g/mol. The van der Waals surface area contributed by atoms with Crippen molar-refractivity contribution < 1.29 is 4.52 Å². The van der Waals surface area contributed by atoms with Crippen molar-refractivity contribution in [2.75, 3.05) is 11.9 Å². The molecule has 0 unspecified atom stereocenters. The summed E-state index contributed by atoms with van der Waals surface area (Å²) in [5.74, 6) is 1.62. The fraction of sp³-hybridized carbons (Fsp3) is 0.143. The standard InChI is InChI=1S/C21H19N5O/c1-15-7-9-16(10-8-15)11-12-23-20-18(13-22-14-24-20)21-25-19(26-27-21)17-5-3-2-4-6-17/h2-10,13-14H,11-12H2,1H3,(H,22,23,24). The smallest absolute Gasteiger partial charge is 0.263 e. The highest BCUT2D eigenvalue weighted by atomic mass is 16.5. The molecule has 4 rings (SSSR count). The predicted molar refractivity (Wildman–Crippen MR) is 104 cm³/mol. The van der Waals surface area contributed by atoms with Gasteiger partial charge >= 0.3 is 0 Å². The van der Waals surface area contributed by atoms with Crippen LogP contribution in [0.1, 0.15) is 11.1 Å². The maximum absolute atomic E-state index is 5.44. The molecule has 6 heteroatoms. The molecule has 0 radical (unpaired) electrons. The van der Waals surface area contributed by atoms with E-state index in [9.17, 15) is 0 Å². The molecule has 6 nitrogen and oxygen atoms in total. The summed E-state index contributed by atoms with van der Waals surface area (Å²) in [6, 6.07) is 18.2. The van der Waals surface area contributed by atoms with Crippen molar-refractivity contribution in [1.29, 1.82) is 0 Å². The quantitative estimate of drug-likeness (QED) is 0.558. The van der Waals surface area contributed by atoms with Crippen LogP contribution in [0.3, 0.4) is 0 Å². The van der Waals surface area contributed by atoms with Gasteiger partial charge in [0.05, 0.1) is 0 Å². The maximum atomic E-state index is 5.44. The van der Waals surface area contributed by atoms with Crippen LogP contribution in [0.5, 0.6) is 0 Å². The van der Waals surface area contributed by atoms with Gasteiger partial charge in [-0.3, -0.25) is 0 Å². The third-order valence-corrected chi connectivity index (χ3v) is 4.23. The van der Waals surface area contributed by atoms with Crippen molar-refractivity contribution in [1.82, 2.24) is 20.1 Å². The Hall–Kier alpha value is -3.54. The maximum Gasteiger partial charge on any atom is 0.263 e. The van der Waals surface area contributed by atoms with Gasteiger partial charge in [-0.15, -0.1) is 0 Å². The Morgan fingerprint density at radius 1 is 1.00 bits per heavy atom. The Morgan fingerprint density at radius 3 is 2.63 bits per heavy atom. The van der Waals surface area contributed by atoms with E-state index in [0.717, 1.165) is 18.5 Å². The molecule has 0 bridgehead atoms. The summed E-state index contributed by atoms with van der Waals surface area (Å²) in [5.41, 5.74) is 4.12. The van der Waals surface area contributed by atoms with E-state index in [1.54, 1.807) is 6.20 Å². The van der Waals surface area contributed by atoms with Crippen LogP contribution in [0.15, 0.2) is 71.6 Å². The second-order valence-electron chi connectivity index (χ2n) is 6.24. The average molecular weight is 357 g/mol. The third-order valence-electron chi connectivity index (χ3n) is 4.23. The topological polar surface area (TPSA) is 76.7 Å². The largest absolute Gasteiger partial charge is 0.369 e. The van der Waals surface area contributed by atoms with Crippen LogP contribution in [0.25, 0.3) is 22.8 Å². The van der Waals surface area contributed by atoms with Gasteiger partial charge in [-0.05, 0) is 18.9 Å². The van der Waals surface area contributed by atoms with Gasteiger partial charge < -0.3 is 9.84 Å². The average Bonchev–Trinajstić information content (AvgIpc) is 3.21. The van der Waals surface area contributed by atoms with Gasteiger partial charge in [0.2, 0.25) is 5.82 Å². The lowest BCUT2D eigenvalue weighted by Gasteiger charge is -2.08. The Morgan fingerprint density at radius 2 is 1.81 bits per heavy atom. The lowest BCUT2D eigenvalue weighted by atomic mass is 10.1. The molecule has 0 fully saturated rings. The van der Waals surface area contributed by atoms with Gasteiger partial charge in [0.25, 0.3) is 5.89 Å². The van der Waals surface area contributed by atoms with Crippen LogP contribution in [0, 0.1) is 6.92 Å². The number of anilines is 1. The molecular weight excluding hydrogens is 338 g/mol. The van der Waals surface area contributed by atoms with Gasteiger partial charge in [-0.25, -0.2) is 9.97 Å². The molecule has 2 heterocycles. The summed E-state index contributed by atoms with van der Waals surface area (Å²) in [6.45, 7) is 2.83. The first-order valence-electron chi connectivity index (χ1n) is 8.78. The minimum Gasteiger partial charge on any atom is -0.369 e. The van der Waals surface area contributed by atoms with Crippen molar-refractivity contribution in [3.05, 3.63) is 78.2 Å². The van der Waals surface area contributed by atoms with E-state index in [-0.39, 0.29) is 0 Å². The van der Waals surface area contributed by atoms with Crippen molar-refractivity contribution in [3.63, 3.8) is 0 Å². The highest BCUT2D eigenvalue weighted by Gasteiger charge is 2.15. The van der Waals surface area contributed by atoms with Crippen LogP contribution in [0.2, 0.25) is 0 Å². The Labute approximate surface area is 157 Å². The van der Waals surface area contributed by atoms with E-state index in [4.69, 9.17) is 4.52 Å². The number of aryl methyl sites for hydroxylation is 1. The molecule has 0 aliphatic rings. The Kier molecular flexibility index (Phi) is 4.87. The van der Waals surface area contributed by atoms with Gasteiger partial charge in [0.1, 0.15) is 17.7 Å². The zero-order valence-corrected chi connectivity index (χ0v) is 15.0. The van der Waals surface area contributed by atoms with E-state index in [2.05, 4.69) is 56.6 Å². The molecule has 134 valence electrons. The number of hydrogen-bond donors (Lipinski definition) is 1. The molecule has 2 aromatic carbocycles. The SMILES string of the molecule is Cc1ccc(CCNc2ncncc2-c2nc(-c3ccccc3)no2)cc1. The second kappa shape index (κ2) is 7.78. The number of rotatable bonds is 6. The molecule has 0 saturated heterocycles. The molecule has 0 amide bonds. The highest BCUT2D eigenvalue weighted by Crippen LogP contribution is 2.26. The lowest BCUT2D eigenvalue weighted by Crippen LogP contribution is -2.07. The van der Waals surface area contributed by atoms with E-state index < -0.39 is 0 Å². The van der Waals surface area contributed by atoms with Crippen LogP contribution in [0.4, 0.5) is 5.82 Å². The van der Waals surface area contributed by atoms with Gasteiger partial charge in [0.15, 0.2) is 0 Å². The van der Waals surface area contributed by atoms with Gasteiger partial charge in [-0.1, -0.05) is 65.3 Å². The number of hydrogen-bond acceptors (Lipinski definition) is 6. The molecule has 0 atom stereocenters. The van der Waals surface area contributed by atoms with Crippen LogP contribution < -0.4 is 5.32 Å². The minimum atomic E-state index is 0.396. The number of benzene rings is 2. The number of nitrogens with zero attached hydrogens (tertiary/aromatic N) is 4. The summed E-state index contributed by atoms with van der Waals surface area (Å²) >= 11 is 0. The van der Waals surface area contributed by atoms with E-state index in [0.29, 0.717) is 23.1 Å². The van der Waals surface area contributed by atoms with Crippen LogP contribution >= 0.6 is 0 Å². The van der Waals surface area contributed by atoms with Crippen LogP contribution in [-0.4, -0.2) is 26.7 Å².